The number of allylic oxidation sites excluding steroid dienone is 1. The van der Waals surface area contributed by atoms with Crippen molar-refractivity contribution in [1.29, 1.82) is 0 Å². The summed E-state index contributed by atoms with van der Waals surface area (Å²) in [6.07, 6.45) is 12.2. The minimum absolute atomic E-state index is 0.0985. The van der Waals surface area contributed by atoms with E-state index in [2.05, 4.69) is 26.0 Å². The second-order valence-electron chi connectivity index (χ2n) is 13.6. The number of rotatable bonds is 2. The molecule has 188 valence electrons. The molecule has 5 fully saturated rings. The lowest BCUT2D eigenvalue weighted by Gasteiger charge is -2.59. The van der Waals surface area contributed by atoms with E-state index < -0.39 is 5.60 Å². The molecule has 5 heteroatoms. The van der Waals surface area contributed by atoms with Crippen LogP contribution in [0.1, 0.15) is 86.0 Å². The smallest absolute Gasteiger partial charge is 0.410 e. The summed E-state index contributed by atoms with van der Waals surface area (Å²) in [6.45, 7) is 11.7. The van der Waals surface area contributed by atoms with Gasteiger partial charge in [0.25, 0.3) is 0 Å². The molecule has 1 aliphatic heterocycles. The van der Waals surface area contributed by atoms with Crippen LogP contribution in [0.25, 0.3) is 0 Å². The van der Waals surface area contributed by atoms with Crippen LogP contribution in [0.2, 0.25) is 0 Å². The van der Waals surface area contributed by atoms with E-state index in [9.17, 15) is 14.4 Å². The maximum Gasteiger partial charge on any atom is 0.410 e. The highest BCUT2D eigenvalue weighted by Gasteiger charge is 2.62. The number of carbonyl (C=O) groups is 3. The molecule has 1 saturated heterocycles. The molecule has 0 radical (unpaired) electrons. The molecule has 4 aliphatic carbocycles. The Bertz CT molecular complexity index is 896. The third-order valence-corrected chi connectivity index (χ3v) is 10.4. The fraction of sp³-hybridized carbons (Fsp3) is 0.828. The number of likely N-dealkylation sites (tertiary alicyclic amines) is 1. The summed E-state index contributed by atoms with van der Waals surface area (Å²) in [7, 11) is 0. The third-order valence-electron chi connectivity index (χ3n) is 10.4. The van der Waals surface area contributed by atoms with Crippen LogP contribution < -0.4 is 0 Å². The second kappa shape index (κ2) is 8.20. The predicted molar refractivity (Wildman–Crippen MR) is 131 cm³/mol. The molecule has 7 atom stereocenters. The Balaban J connectivity index is 1.20. The number of ketones is 2. The molecule has 1 heterocycles. The van der Waals surface area contributed by atoms with Gasteiger partial charge in [-0.05, 0) is 88.4 Å². The number of ether oxygens (including phenoxy) is 1. The summed E-state index contributed by atoms with van der Waals surface area (Å²) in [5, 5.41) is 0. The van der Waals surface area contributed by atoms with Crippen molar-refractivity contribution in [2.24, 2.45) is 46.3 Å². The fourth-order valence-electron chi connectivity index (χ4n) is 8.44. The first-order chi connectivity index (χ1) is 15.9. The standard InChI is InChI=1S/C29H43NO4/c1-27(2,3)34-26(33)30-16-19(17-30)7-6-18-10-12-28(4)22-11-13-29(5)21(8-9-25(29)32)20(22)15-24(31)23(28)14-18/h6-7,18-23H,8-17H2,1-5H3/b7-6-/t18-,20+,21+,22+,23?,28-,29+/m1/s1. The maximum absolute atomic E-state index is 13.5. The molecule has 1 unspecified atom stereocenters. The molecule has 0 aromatic carbocycles. The van der Waals surface area contributed by atoms with Crippen molar-refractivity contribution >= 4 is 17.7 Å². The minimum Gasteiger partial charge on any atom is -0.444 e. The normalized spacial score (nSPS) is 42.7. The minimum atomic E-state index is -0.456. The molecule has 0 aromatic rings. The average Bonchev–Trinajstić information content (AvgIpc) is 3.01. The van der Waals surface area contributed by atoms with Gasteiger partial charge in [0.2, 0.25) is 0 Å². The van der Waals surface area contributed by atoms with Crippen LogP contribution in [-0.4, -0.2) is 41.3 Å². The fourth-order valence-corrected chi connectivity index (χ4v) is 8.44. The van der Waals surface area contributed by atoms with E-state index in [-0.39, 0.29) is 22.8 Å². The Labute approximate surface area is 205 Å². The Kier molecular flexibility index (Phi) is 5.80. The van der Waals surface area contributed by atoms with Gasteiger partial charge in [-0.1, -0.05) is 26.0 Å². The molecule has 4 saturated carbocycles. The van der Waals surface area contributed by atoms with Gasteiger partial charge in [-0.15, -0.1) is 0 Å². The predicted octanol–water partition coefficient (Wildman–Crippen LogP) is 5.82. The van der Waals surface area contributed by atoms with Gasteiger partial charge < -0.3 is 9.64 Å². The zero-order valence-electron chi connectivity index (χ0n) is 21.8. The van der Waals surface area contributed by atoms with Crippen LogP contribution in [0, 0.1) is 46.3 Å². The van der Waals surface area contributed by atoms with Crippen molar-refractivity contribution in [1.82, 2.24) is 4.90 Å². The van der Waals surface area contributed by atoms with E-state index in [0.29, 0.717) is 47.6 Å². The number of Topliss-reactive ketones (excluding diaryl/α,β-unsaturated/α-hetero) is 2. The van der Waals surface area contributed by atoms with E-state index in [4.69, 9.17) is 4.74 Å². The summed E-state index contributed by atoms with van der Waals surface area (Å²) >= 11 is 0. The summed E-state index contributed by atoms with van der Waals surface area (Å²) in [4.78, 5) is 40.1. The van der Waals surface area contributed by atoms with Gasteiger partial charge >= 0.3 is 6.09 Å². The molecule has 34 heavy (non-hydrogen) atoms. The first-order valence-electron chi connectivity index (χ1n) is 13.6. The van der Waals surface area contributed by atoms with Crippen LogP contribution in [0.4, 0.5) is 4.79 Å². The van der Waals surface area contributed by atoms with Crippen LogP contribution in [-0.2, 0) is 14.3 Å². The molecule has 0 N–H and O–H groups in total. The zero-order chi connectivity index (χ0) is 24.5. The molecule has 5 rings (SSSR count). The summed E-state index contributed by atoms with van der Waals surface area (Å²) in [5.41, 5.74) is -0.523. The van der Waals surface area contributed by atoms with Gasteiger partial charge in [0.05, 0.1) is 0 Å². The van der Waals surface area contributed by atoms with Gasteiger partial charge in [0.15, 0.2) is 0 Å². The lowest BCUT2D eigenvalue weighted by molar-refractivity contribution is -0.157. The van der Waals surface area contributed by atoms with Crippen molar-refractivity contribution in [3.63, 3.8) is 0 Å². The molecule has 5 nitrogen and oxygen atoms in total. The maximum atomic E-state index is 13.5. The number of fused-ring (bicyclic) bond motifs is 5. The molecule has 5 aliphatic rings. The summed E-state index contributed by atoms with van der Waals surface area (Å²) in [6, 6.07) is 0. The van der Waals surface area contributed by atoms with E-state index in [1.54, 1.807) is 4.90 Å². The van der Waals surface area contributed by atoms with Gasteiger partial charge in [-0.3, -0.25) is 9.59 Å². The highest BCUT2D eigenvalue weighted by molar-refractivity contribution is 5.88. The number of hydrogen-bond donors (Lipinski definition) is 0. The van der Waals surface area contributed by atoms with Crippen molar-refractivity contribution < 1.29 is 19.1 Å². The SMILES string of the molecule is CC(C)(C)OC(=O)N1CC(/C=C\[C@@H]2CC[C@@]3(C)C(C2)C(=O)C[C@@H]2[C@@H]3CC[C@]3(C)C(=O)CC[C@@H]23)C1. The van der Waals surface area contributed by atoms with E-state index >= 15 is 0 Å². The van der Waals surface area contributed by atoms with Crippen molar-refractivity contribution in [2.45, 2.75) is 91.6 Å². The summed E-state index contributed by atoms with van der Waals surface area (Å²) < 4.78 is 5.45. The second-order valence-corrected chi connectivity index (χ2v) is 13.6. The molecular weight excluding hydrogens is 426 g/mol. The highest BCUT2D eigenvalue weighted by atomic mass is 16.6. The van der Waals surface area contributed by atoms with Crippen LogP contribution >= 0.6 is 0 Å². The molecular formula is C29H43NO4. The van der Waals surface area contributed by atoms with Gasteiger partial charge in [0, 0.05) is 43.2 Å². The van der Waals surface area contributed by atoms with Crippen molar-refractivity contribution in [3.05, 3.63) is 12.2 Å². The van der Waals surface area contributed by atoms with E-state index in [1.165, 1.54) is 0 Å². The van der Waals surface area contributed by atoms with Gasteiger partial charge in [-0.25, -0.2) is 4.79 Å². The average molecular weight is 470 g/mol. The molecule has 0 aromatic heterocycles. The van der Waals surface area contributed by atoms with Crippen LogP contribution in [0.15, 0.2) is 12.2 Å². The Morgan fingerprint density at radius 3 is 2.41 bits per heavy atom. The van der Waals surface area contributed by atoms with E-state index in [1.807, 2.05) is 20.8 Å². The summed E-state index contributed by atoms with van der Waals surface area (Å²) in [5.74, 6) is 3.36. The van der Waals surface area contributed by atoms with Crippen LogP contribution in [0.5, 0.6) is 0 Å². The Morgan fingerprint density at radius 2 is 1.71 bits per heavy atom. The highest BCUT2D eigenvalue weighted by Crippen LogP contribution is 2.65. The largest absolute Gasteiger partial charge is 0.444 e. The Hall–Kier alpha value is -1.65. The first kappa shape index (κ1) is 24.1. The zero-order valence-corrected chi connectivity index (χ0v) is 21.8. The molecule has 0 spiro atoms. The topological polar surface area (TPSA) is 63.7 Å². The number of amides is 1. The first-order valence-corrected chi connectivity index (χ1v) is 13.6. The Morgan fingerprint density at radius 1 is 1.00 bits per heavy atom. The van der Waals surface area contributed by atoms with Gasteiger partial charge in [0.1, 0.15) is 17.2 Å². The molecule has 0 bridgehead atoms. The number of hydrogen-bond acceptors (Lipinski definition) is 4. The van der Waals surface area contributed by atoms with Crippen LogP contribution in [0.3, 0.4) is 0 Å². The number of carbonyl (C=O) groups excluding carboxylic acids is 3. The van der Waals surface area contributed by atoms with Crippen molar-refractivity contribution in [3.8, 4) is 0 Å². The van der Waals surface area contributed by atoms with Gasteiger partial charge in [-0.2, -0.15) is 0 Å². The molecule has 1 amide bonds. The third kappa shape index (κ3) is 3.95. The monoisotopic (exact) mass is 469 g/mol. The lowest BCUT2D eigenvalue weighted by Crippen LogP contribution is -2.56. The lowest BCUT2D eigenvalue weighted by atomic mass is 9.44. The van der Waals surface area contributed by atoms with Crippen molar-refractivity contribution in [2.75, 3.05) is 13.1 Å². The number of nitrogens with zero attached hydrogens (tertiary/aromatic N) is 1. The van der Waals surface area contributed by atoms with E-state index in [0.717, 1.165) is 58.0 Å². The quantitative estimate of drug-likeness (QED) is 0.478.